The lowest BCUT2D eigenvalue weighted by molar-refractivity contribution is 0.510. The third-order valence-electron chi connectivity index (χ3n) is 2.20. The molecule has 0 aliphatic heterocycles. The van der Waals surface area contributed by atoms with Crippen LogP contribution < -0.4 is 11.3 Å². The Morgan fingerprint density at radius 3 is 2.76 bits per heavy atom. The van der Waals surface area contributed by atoms with Crippen molar-refractivity contribution in [1.29, 1.82) is 0 Å². The van der Waals surface area contributed by atoms with Gasteiger partial charge in [-0.25, -0.2) is 14.2 Å². The van der Waals surface area contributed by atoms with Gasteiger partial charge < -0.3 is 0 Å². The second kappa shape index (κ2) is 5.13. The highest BCUT2D eigenvalue weighted by Gasteiger charge is 2.24. The summed E-state index contributed by atoms with van der Waals surface area (Å²) in [4.78, 5) is 0.531. The SMILES string of the molecule is NNC(c1cnns1)c1c(F)ccc(Br)c1F. The van der Waals surface area contributed by atoms with Crippen molar-refractivity contribution < 1.29 is 8.78 Å². The van der Waals surface area contributed by atoms with Crippen molar-refractivity contribution in [1.82, 2.24) is 15.0 Å². The van der Waals surface area contributed by atoms with Crippen molar-refractivity contribution >= 4 is 27.5 Å². The number of aromatic nitrogens is 2. The number of nitrogens with two attached hydrogens (primary N) is 1. The van der Waals surface area contributed by atoms with Crippen LogP contribution in [0.3, 0.4) is 0 Å². The van der Waals surface area contributed by atoms with E-state index < -0.39 is 17.7 Å². The van der Waals surface area contributed by atoms with E-state index >= 15 is 0 Å². The molecular weight excluding hydrogens is 314 g/mol. The van der Waals surface area contributed by atoms with Gasteiger partial charge in [0.05, 0.1) is 21.6 Å². The van der Waals surface area contributed by atoms with Crippen molar-refractivity contribution in [3.63, 3.8) is 0 Å². The third kappa shape index (κ3) is 2.34. The summed E-state index contributed by atoms with van der Waals surface area (Å²) in [5, 5.41) is 3.61. The molecule has 0 saturated carbocycles. The minimum absolute atomic E-state index is 0.159. The molecule has 0 radical (unpaired) electrons. The van der Waals surface area contributed by atoms with Crippen LogP contribution in [0.5, 0.6) is 0 Å². The van der Waals surface area contributed by atoms with Gasteiger partial charge in [0, 0.05) is 5.56 Å². The number of halogens is 3. The number of nitrogens with zero attached hydrogens (tertiary/aromatic N) is 2. The van der Waals surface area contributed by atoms with Crippen LogP contribution in [0.2, 0.25) is 0 Å². The van der Waals surface area contributed by atoms with Gasteiger partial charge in [0.1, 0.15) is 11.6 Å². The van der Waals surface area contributed by atoms with Crippen LogP contribution in [0.15, 0.2) is 22.8 Å². The zero-order valence-corrected chi connectivity index (χ0v) is 10.7. The average Bonchev–Trinajstić information content (AvgIpc) is 2.83. The fourth-order valence-corrected chi connectivity index (χ4v) is 2.34. The second-order valence-corrected chi connectivity index (χ2v) is 4.85. The standard InChI is InChI=1S/C9H7BrF2N4S/c10-4-1-2-5(11)7(8(4)12)9(15-13)6-3-14-16-17-6/h1-3,9,15H,13H2. The Bertz CT molecular complexity index is 520. The van der Waals surface area contributed by atoms with Gasteiger partial charge in [-0.2, -0.15) is 0 Å². The number of hydrogen-bond donors (Lipinski definition) is 2. The maximum Gasteiger partial charge on any atom is 0.145 e. The Kier molecular flexibility index (Phi) is 3.77. The van der Waals surface area contributed by atoms with E-state index in [0.29, 0.717) is 4.88 Å². The number of hydrazine groups is 1. The monoisotopic (exact) mass is 320 g/mol. The van der Waals surface area contributed by atoms with E-state index in [9.17, 15) is 8.78 Å². The molecule has 0 saturated heterocycles. The van der Waals surface area contributed by atoms with Crippen LogP contribution >= 0.6 is 27.5 Å². The third-order valence-corrected chi connectivity index (χ3v) is 3.54. The van der Waals surface area contributed by atoms with Crippen molar-refractivity contribution in [2.24, 2.45) is 5.84 Å². The lowest BCUT2D eigenvalue weighted by Gasteiger charge is -2.16. The van der Waals surface area contributed by atoms with Gasteiger partial charge in [0.25, 0.3) is 0 Å². The van der Waals surface area contributed by atoms with Crippen molar-refractivity contribution in [3.8, 4) is 0 Å². The van der Waals surface area contributed by atoms with Crippen LogP contribution in [0, 0.1) is 11.6 Å². The summed E-state index contributed by atoms with van der Waals surface area (Å²) in [6.45, 7) is 0. The summed E-state index contributed by atoms with van der Waals surface area (Å²) in [7, 11) is 0. The highest BCUT2D eigenvalue weighted by molar-refractivity contribution is 9.10. The molecule has 1 atom stereocenters. The molecule has 2 rings (SSSR count). The number of benzene rings is 1. The molecule has 1 unspecified atom stereocenters. The van der Waals surface area contributed by atoms with Gasteiger partial charge in [0.15, 0.2) is 0 Å². The Balaban J connectivity index is 2.55. The average molecular weight is 321 g/mol. The van der Waals surface area contributed by atoms with Gasteiger partial charge in [-0.1, -0.05) is 4.49 Å². The summed E-state index contributed by atoms with van der Waals surface area (Å²) in [6.07, 6.45) is 1.41. The van der Waals surface area contributed by atoms with Crippen molar-refractivity contribution in [2.75, 3.05) is 0 Å². The first-order chi connectivity index (χ1) is 8.15. The molecule has 0 aliphatic rings. The molecule has 1 aromatic carbocycles. The van der Waals surface area contributed by atoms with E-state index in [1.165, 1.54) is 18.3 Å². The molecule has 1 aromatic heterocycles. The van der Waals surface area contributed by atoms with Crippen LogP contribution in [0.1, 0.15) is 16.5 Å². The molecule has 0 bridgehead atoms. The van der Waals surface area contributed by atoms with Crippen LogP contribution in [-0.4, -0.2) is 9.59 Å². The zero-order valence-electron chi connectivity index (χ0n) is 8.32. The first-order valence-corrected chi connectivity index (χ1v) is 6.08. The zero-order chi connectivity index (χ0) is 12.4. The molecule has 0 aliphatic carbocycles. The molecule has 0 spiro atoms. The first kappa shape index (κ1) is 12.5. The number of rotatable bonds is 3. The minimum atomic E-state index is -0.812. The van der Waals surface area contributed by atoms with E-state index in [4.69, 9.17) is 5.84 Å². The highest BCUT2D eigenvalue weighted by Crippen LogP contribution is 2.31. The van der Waals surface area contributed by atoms with E-state index in [1.807, 2.05) is 0 Å². The minimum Gasteiger partial charge on any atom is -0.271 e. The van der Waals surface area contributed by atoms with E-state index in [1.54, 1.807) is 0 Å². The Morgan fingerprint density at radius 2 is 2.18 bits per heavy atom. The topological polar surface area (TPSA) is 63.8 Å². The number of hydrogen-bond acceptors (Lipinski definition) is 5. The van der Waals surface area contributed by atoms with E-state index in [2.05, 4.69) is 30.9 Å². The molecule has 0 fully saturated rings. The van der Waals surface area contributed by atoms with Gasteiger partial charge in [-0.3, -0.25) is 5.84 Å². The van der Waals surface area contributed by atoms with Crippen LogP contribution in [-0.2, 0) is 0 Å². The smallest absolute Gasteiger partial charge is 0.145 e. The molecule has 2 aromatic rings. The summed E-state index contributed by atoms with van der Waals surface area (Å²) < 4.78 is 31.4. The van der Waals surface area contributed by atoms with E-state index in [0.717, 1.165) is 11.5 Å². The largest absolute Gasteiger partial charge is 0.271 e. The highest BCUT2D eigenvalue weighted by atomic mass is 79.9. The van der Waals surface area contributed by atoms with Gasteiger partial charge in [-0.15, -0.1) is 5.10 Å². The van der Waals surface area contributed by atoms with Crippen LogP contribution in [0.25, 0.3) is 0 Å². The molecule has 8 heteroatoms. The molecule has 4 nitrogen and oxygen atoms in total. The summed E-state index contributed by atoms with van der Waals surface area (Å²) in [5.41, 5.74) is 2.20. The normalized spacial score (nSPS) is 12.7. The molecule has 90 valence electrons. The predicted octanol–water partition coefficient (Wildman–Crippen LogP) is 2.13. The lowest BCUT2D eigenvalue weighted by Crippen LogP contribution is -2.29. The molecule has 1 heterocycles. The predicted molar refractivity (Wildman–Crippen MR) is 63.1 cm³/mol. The van der Waals surface area contributed by atoms with Gasteiger partial charge in [0.2, 0.25) is 0 Å². The Morgan fingerprint density at radius 1 is 1.41 bits per heavy atom. The summed E-state index contributed by atoms with van der Waals surface area (Å²) in [6, 6.07) is 1.65. The molecule has 0 amide bonds. The lowest BCUT2D eigenvalue weighted by atomic mass is 10.1. The van der Waals surface area contributed by atoms with Crippen LogP contribution in [0.4, 0.5) is 8.78 Å². The molecule has 3 N–H and O–H groups in total. The maximum atomic E-state index is 13.9. The Labute approximate surface area is 108 Å². The quantitative estimate of drug-likeness (QED) is 0.516. The first-order valence-electron chi connectivity index (χ1n) is 4.52. The second-order valence-electron chi connectivity index (χ2n) is 3.18. The summed E-state index contributed by atoms with van der Waals surface area (Å²) in [5.74, 6) is 3.96. The Hall–Kier alpha value is -0.960. The molecular formula is C9H7BrF2N4S. The maximum absolute atomic E-state index is 13.9. The van der Waals surface area contributed by atoms with Gasteiger partial charge in [-0.05, 0) is 39.6 Å². The number of nitrogens with one attached hydrogen (secondary N) is 1. The van der Waals surface area contributed by atoms with Crippen molar-refractivity contribution in [3.05, 3.63) is 44.9 Å². The van der Waals surface area contributed by atoms with Gasteiger partial charge >= 0.3 is 0 Å². The molecule has 17 heavy (non-hydrogen) atoms. The van der Waals surface area contributed by atoms with Crippen molar-refractivity contribution in [2.45, 2.75) is 6.04 Å². The summed E-state index contributed by atoms with van der Waals surface area (Å²) >= 11 is 4.02. The fourth-order valence-electron chi connectivity index (χ4n) is 1.42. The fraction of sp³-hybridized carbons (Fsp3) is 0.111. The van der Waals surface area contributed by atoms with E-state index in [-0.39, 0.29) is 10.0 Å².